The van der Waals surface area contributed by atoms with E-state index in [1.165, 1.54) is 29.7 Å². The van der Waals surface area contributed by atoms with Gasteiger partial charge in [0.2, 0.25) is 11.0 Å². The van der Waals surface area contributed by atoms with Gasteiger partial charge in [-0.3, -0.25) is 14.9 Å². The first-order valence-electron chi connectivity index (χ1n) is 10.2. The number of nitrogens with zero attached hydrogens (tertiary/aromatic N) is 2. The van der Waals surface area contributed by atoms with Gasteiger partial charge in [0.05, 0.1) is 0 Å². The number of anilines is 1. The molecule has 0 aliphatic carbocycles. The molecule has 2 N–H and O–H groups in total. The lowest BCUT2D eigenvalue weighted by atomic mass is 10.0. The normalized spacial score (nSPS) is 11.7. The van der Waals surface area contributed by atoms with Gasteiger partial charge in [-0.1, -0.05) is 73.6 Å². The molecular formula is C23H26N4O2S. The number of carbonyl (C=O) groups is 2. The molecule has 156 valence electrons. The number of unbranched alkanes of at least 4 members (excludes halogenated alkanes) is 2. The third-order valence-corrected chi connectivity index (χ3v) is 5.59. The Hall–Kier alpha value is -3.06. The zero-order chi connectivity index (χ0) is 21.3. The van der Waals surface area contributed by atoms with Crippen molar-refractivity contribution < 1.29 is 9.59 Å². The van der Waals surface area contributed by atoms with E-state index in [1.807, 2.05) is 42.5 Å². The van der Waals surface area contributed by atoms with Crippen LogP contribution >= 0.6 is 11.3 Å². The number of rotatable bonds is 9. The lowest BCUT2D eigenvalue weighted by Gasteiger charge is -2.13. The summed E-state index contributed by atoms with van der Waals surface area (Å²) in [6, 6.07) is 16.5. The van der Waals surface area contributed by atoms with Crippen molar-refractivity contribution in [3.63, 3.8) is 0 Å². The second-order valence-corrected chi connectivity index (χ2v) is 8.09. The maximum atomic E-state index is 12.5. The quantitative estimate of drug-likeness (QED) is 0.490. The van der Waals surface area contributed by atoms with Gasteiger partial charge in [-0.15, -0.1) is 10.2 Å². The molecule has 2 aromatic carbocycles. The Kier molecular flexibility index (Phi) is 7.68. The first kappa shape index (κ1) is 21.6. The van der Waals surface area contributed by atoms with E-state index in [2.05, 4.69) is 27.8 Å². The van der Waals surface area contributed by atoms with Crippen molar-refractivity contribution in [2.24, 2.45) is 0 Å². The third kappa shape index (κ3) is 5.97. The standard InChI is InChI=1S/C23H26N4O2S/c1-3-4-6-9-17-12-14-18(15-13-17)21(29)24-16(2)20(28)25-23-27-26-22(30-23)19-10-7-5-8-11-19/h5,7-8,10-16H,3-4,6,9H2,1-2H3,(H,24,29)(H,25,27,28). The number of carbonyl (C=O) groups excluding carboxylic acids is 2. The molecule has 30 heavy (non-hydrogen) atoms. The smallest absolute Gasteiger partial charge is 0.251 e. The average Bonchev–Trinajstić information content (AvgIpc) is 3.23. The SMILES string of the molecule is CCCCCc1ccc(C(=O)NC(C)C(=O)Nc2nnc(-c3ccccc3)s2)cc1. The van der Waals surface area contributed by atoms with E-state index in [1.54, 1.807) is 19.1 Å². The molecule has 1 unspecified atom stereocenters. The van der Waals surface area contributed by atoms with Crippen LogP contribution in [0, 0.1) is 0 Å². The van der Waals surface area contributed by atoms with Crippen LogP contribution in [0.2, 0.25) is 0 Å². The number of benzene rings is 2. The molecule has 3 aromatic rings. The lowest BCUT2D eigenvalue weighted by Crippen LogP contribution is -2.41. The molecule has 0 fully saturated rings. The third-order valence-electron chi connectivity index (χ3n) is 4.70. The molecule has 1 atom stereocenters. The molecular weight excluding hydrogens is 396 g/mol. The molecule has 1 heterocycles. The number of nitrogens with one attached hydrogen (secondary N) is 2. The predicted octanol–water partition coefficient (Wildman–Crippen LogP) is 4.69. The van der Waals surface area contributed by atoms with Crippen LogP contribution in [0.3, 0.4) is 0 Å². The Balaban J connectivity index is 1.52. The van der Waals surface area contributed by atoms with Crippen LogP contribution in [0.5, 0.6) is 0 Å². The molecule has 0 aliphatic rings. The summed E-state index contributed by atoms with van der Waals surface area (Å²) in [6.45, 7) is 3.82. The summed E-state index contributed by atoms with van der Waals surface area (Å²) >= 11 is 1.29. The van der Waals surface area contributed by atoms with Gasteiger partial charge < -0.3 is 5.32 Å². The summed E-state index contributed by atoms with van der Waals surface area (Å²) < 4.78 is 0. The van der Waals surface area contributed by atoms with Crippen molar-refractivity contribution in [3.05, 3.63) is 65.7 Å². The molecule has 7 heteroatoms. The first-order chi connectivity index (χ1) is 14.6. The minimum Gasteiger partial charge on any atom is -0.341 e. The lowest BCUT2D eigenvalue weighted by molar-refractivity contribution is -0.117. The maximum Gasteiger partial charge on any atom is 0.251 e. The molecule has 6 nitrogen and oxygen atoms in total. The van der Waals surface area contributed by atoms with E-state index in [-0.39, 0.29) is 11.8 Å². The van der Waals surface area contributed by atoms with E-state index in [0.29, 0.717) is 10.7 Å². The zero-order valence-electron chi connectivity index (χ0n) is 17.2. The van der Waals surface area contributed by atoms with Crippen LogP contribution < -0.4 is 10.6 Å². The number of hydrogen-bond donors (Lipinski definition) is 2. The number of aryl methyl sites for hydroxylation is 1. The monoisotopic (exact) mass is 422 g/mol. The second kappa shape index (κ2) is 10.6. The second-order valence-electron chi connectivity index (χ2n) is 7.12. The van der Waals surface area contributed by atoms with Crippen LogP contribution in [0.4, 0.5) is 5.13 Å². The fourth-order valence-electron chi connectivity index (χ4n) is 2.93. The summed E-state index contributed by atoms with van der Waals surface area (Å²) in [7, 11) is 0. The van der Waals surface area contributed by atoms with E-state index < -0.39 is 6.04 Å². The average molecular weight is 423 g/mol. The van der Waals surface area contributed by atoms with Gasteiger partial charge in [0, 0.05) is 11.1 Å². The highest BCUT2D eigenvalue weighted by atomic mass is 32.1. The molecule has 0 radical (unpaired) electrons. The molecule has 2 amide bonds. The number of amides is 2. The van der Waals surface area contributed by atoms with Crippen molar-refractivity contribution in [1.82, 2.24) is 15.5 Å². The Morgan fingerprint density at radius 2 is 1.73 bits per heavy atom. The van der Waals surface area contributed by atoms with Gasteiger partial charge in [-0.25, -0.2) is 0 Å². The van der Waals surface area contributed by atoms with Crippen LogP contribution in [0.15, 0.2) is 54.6 Å². The zero-order valence-corrected chi connectivity index (χ0v) is 18.0. The highest BCUT2D eigenvalue weighted by Gasteiger charge is 2.18. The van der Waals surface area contributed by atoms with Crippen molar-refractivity contribution in [2.75, 3.05) is 5.32 Å². The topological polar surface area (TPSA) is 84.0 Å². The van der Waals surface area contributed by atoms with Crippen molar-refractivity contribution in [3.8, 4) is 10.6 Å². The molecule has 0 aliphatic heterocycles. The van der Waals surface area contributed by atoms with E-state index in [0.717, 1.165) is 23.4 Å². The van der Waals surface area contributed by atoms with Gasteiger partial charge in [0.1, 0.15) is 11.0 Å². The van der Waals surface area contributed by atoms with Gasteiger partial charge in [0.25, 0.3) is 5.91 Å². The fraction of sp³-hybridized carbons (Fsp3) is 0.304. The van der Waals surface area contributed by atoms with Crippen molar-refractivity contribution in [2.45, 2.75) is 45.6 Å². The highest BCUT2D eigenvalue weighted by Crippen LogP contribution is 2.25. The van der Waals surface area contributed by atoms with Crippen molar-refractivity contribution >= 4 is 28.3 Å². The molecule has 0 bridgehead atoms. The molecule has 0 saturated heterocycles. The highest BCUT2D eigenvalue weighted by molar-refractivity contribution is 7.18. The van der Waals surface area contributed by atoms with Crippen molar-refractivity contribution in [1.29, 1.82) is 0 Å². The van der Waals surface area contributed by atoms with E-state index in [9.17, 15) is 9.59 Å². The number of hydrogen-bond acceptors (Lipinski definition) is 5. The Bertz CT molecular complexity index is 970. The van der Waals surface area contributed by atoms with Crippen LogP contribution in [-0.2, 0) is 11.2 Å². The molecule has 0 saturated carbocycles. The van der Waals surface area contributed by atoms with Gasteiger partial charge in [-0.05, 0) is 37.5 Å². The van der Waals surface area contributed by atoms with Gasteiger partial charge in [0.15, 0.2) is 0 Å². The summed E-state index contributed by atoms with van der Waals surface area (Å²) in [4.78, 5) is 24.9. The maximum absolute atomic E-state index is 12.5. The van der Waals surface area contributed by atoms with Crippen LogP contribution in [-0.4, -0.2) is 28.1 Å². The van der Waals surface area contributed by atoms with Crippen LogP contribution in [0.1, 0.15) is 49.0 Å². The molecule has 1 aromatic heterocycles. The predicted molar refractivity (Wildman–Crippen MR) is 121 cm³/mol. The number of aromatic nitrogens is 2. The molecule has 0 spiro atoms. The Labute approximate surface area is 180 Å². The van der Waals surface area contributed by atoms with E-state index >= 15 is 0 Å². The minimum absolute atomic E-state index is 0.278. The Morgan fingerprint density at radius 3 is 2.43 bits per heavy atom. The summed E-state index contributed by atoms with van der Waals surface area (Å²) in [6.07, 6.45) is 4.56. The van der Waals surface area contributed by atoms with Gasteiger partial charge >= 0.3 is 0 Å². The van der Waals surface area contributed by atoms with Gasteiger partial charge in [-0.2, -0.15) is 0 Å². The largest absolute Gasteiger partial charge is 0.341 e. The summed E-state index contributed by atoms with van der Waals surface area (Å²) in [5, 5.41) is 14.7. The molecule has 3 rings (SSSR count). The summed E-state index contributed by atoms with van der Waals surface area (Å²) in [5.41, 5.74) is 2.70. The fourth-order valence-corrected chi connectivity index (χ4v) is 3.68. The van der Waals surface area contributed by atoms with Crippen LogP contribution in [0.25, 0.3) is 10.6 Å². The minimum atomic E-state index is -0.703. The Morgan fingerprint density at radius 1 is 1.00 bits per heavy atom. The van der Waals surface area contributed by atoms with E-state index in [4.69, 9.17) is 0 Å². The summed E-state index contributed by atoms with van der Waals surface area (Å²) in [5.74, 6) is -0.615. The first-order valence-corrected chi connectivity index (χ1v) is 11.0.